The third-order valence-electron chi connectivity index (χ3n) is 3.69. The van der Waals surface area contributed by atoms with E-state index in [-0.39, 0.29) is 10.8 Å². The molecule has 0 saturated carbocycles. The standard InChI is InChI=1S/C19H14ClN3O2/c1-24-14-7-3-12(4-8-14)17-18(23-19(20)16(11-21)22-17)13-5-9-15(25-2)10-6-13/h3-10H,1-2H3. The minimum Gasteiger partial charge on any atom is -0.497 e. The van der Waals surface area contributed by atoms with Crippen LogP contribution in [-0.4, -0.2) is 24.2 Å². The van der Waals surface area contributed by atoms with Crippen LogP contribution in [0, 0.1) is 11.3 Å². The fraction of sp³-hybridized carbons (Fsp3) is 0.105. The Balaban J connectivity index is 2.18. The number of hydrogen-bond acceptors (Lipinski definition) is 5. The Kier molecular flexibility index (Phi) is 4.82. The Morgan fingerprint density at radius 1 is 0.800 bits per heavy atom. The van der Waals surface area contributed by atoms with Gasteiger partial charge in [-0.15, -0.1) is 0 Å². The first-order valence-corrected chi connectivity index (χ1v) is 7.80. The molecule has 0 atom stereocenters. The van der Waals surface area contributed by atoms with Crippen molar-refractivity contribution in [1.82, 2.24) is 9.97 Å². The molecule has 3 aromatic rings. The number of nitriles is 1. The van der Waals surface area contributed by atoms with Crippen molar-refractivity contribution < 1.29 is 9.47 Å². The van der Waals surface area contributed by atoms with Crippen LogP contribution < -0.4 is 9.47 Å². The number of aromatic nitrogens is 2. The largest absolute Gasteiger partial charge is 0.497 e. The van der Waals surface area contributed by atoms with Gasteiger partial charge < -0.3 is 9.47 Å². The highest BCUT2D eigenvalue weighted by Gasteiger charge is 2.16. The minimum atomic E-state index is 0.0746. The summed E-state index contributed by atoms with van der Waals surface area (Å²) in [6.45, 7) is 0. The fourth-order valence-electron chi connectivity index (χ4n) is 2.39. The normalized spacial score (nSPS) is 10.2. The Hall–Kier alpha value is -3.10. The van der Waals surface area contributed by atoms with Crippen LogP contribution in [0.4, 0.5) is 0 Å². The van der Waals surface area contributed by atoms with Crippen LogP contribution >= 0.6 is 11.6 Å². The molecule has 0 amide bonds. The van der Waals surface area contributed by atoms with E-state index in [1.807, 2.05) is 54.6 Å². The molecule has 6 heteroatoms. The lowest BCUT2D eigenvalue weighted by molar-refractivity contribution is 0.414. The molecule has 124 valence electrons. The first-order chi connectivity index (χ1) is 12.2. The summed E-state index contributed by atoms with van der Waals surface area (Å²) in [5.41, 5.74) is 2.90. The van der Waals surface area contributed by atoms with E-state index in [2.05, 4.69) is 9.97 Å². The van der Waals surface area contributed by atoms with Crippen LogP contribution in [0.3, 0.4) is 0 Å². The molecule has 0 saturated heterocycles. The first-order valence-electron chi connectivity index (χ1n) is 7.42. The summed E-state index contributed by atoms with van der Waals surface area (Å²) in [4.78, 5) is 8.80. The molecular formula is C19H14ClN3O2. The van der Waals surface area contributed by atoms with Crippen LogP contribution in [0.5, 0.6) is 11.5 Å². The number of benzene rings is 2. The maximum Gasteiger partial charge on any atom is 0.178 e. The molecule has 0 aliphatic heterocycles. The lowest BCUT2D eigenvalue weighted by Crippen LogP contribution is -1.98. The SMILES string of the molecule is COc1ccc(-c2nc(Cl)c(C#N)nc2-c2ccc(OC)cc2)cc1. The predicted molar refractivity (Wildman–Crippen MR) is 95.7 cm³/mol. The van der Waals surface area contributed by atoms with Gasteiger partial charge in [-0.25, -0.2) is 9.97 Å². The molecule has 0 aliphatic rings. The van der Waals surface area contributed by atoms with Crippen molar-refractivity contribution in [1.29, 1.82) is 5.26 Å². The number of ether oxygens (including phenoxy) is 2. The molecule has 2 aromatic carbocycles. The molecule has 25 heavy (non-hydrogen) atoms. The van der Waals surface area contributed by atoms with Crippen molar-refractivity contribution in [2.24, 2.45) is 0 Å². The van der Waals surface area contributed by atoms with Crippen LogP contribution in [-0.2, 0) is 0 Å². The molecule has 0 radical (unpaired) electrons. The van der Waals surface area contributed by atoms with Crippen molar-refractivity contribution in [3.8, 4) is 40.1 Å². The summed E-state index contributed by atoms with van der Waals surface area (Å²) in [5.74, 6) is 1.47. The Morgan fingerprint density at radius 3 is 1.64 bits per heavy atom. The zero-order chi connectivity index (χ0) is 17.8. The van der Waals surface area contributed by atoms with E-state index >= 15 is 0 Å². The average Bonchev–Trinajstić information content (AvgIpc) is 2.68. The summed E-state index contributed by atoms with van der Waals surface area (Å²) < 4.78 is 10.4. The molecule has 3 rings (SSSR count). The van der Waals surface area contributed by atoms with E-state index in [1.54, 1.807) is 14.2 Å². The second-order valence-electron chi connectivity index (χ2n) is 5.13. The monoisotopic (exact) mass is 351 g/mol. The van der Waals surface area contributed by atoms with E-state index in [0.717, 1.165) is 22.6 Å². The van der Waals surface area contributed by atoms with Crippen molar-refractivity contribution in [3.63, 3.8) is 0 Å². The quantitative estimate of drug-likeness (QED) is 0.698. The van der Waals surface area contributed by atoms with E-state index in [1.165, 1.54) is 0 Å². The Labute approximate surface area is 150 Å². The van der Waals surface area contributed by atoms with Gasteiger partial charge >= 0.3 is 0 Å². The predicted octanol–water partition coefficient (Wildman–Crippen LogP) is 4.35. The van der Waals surface area contributed by atoms with Gasteiger partial charge in [0.25, 0.3) is 0 Å². The second-order valence-corrected chi connectivity index (χ2v) is 5.49. The average molecular weight is 352 g/mol. The summed E-state index contributed by atoms with van der Waals surface area (Å²) in [6, 6.07) is 16.8. The molecule has 0 unspecified atom stereocenters. The van der Waals surface area contributed by atoms with E-state index in [4.69, 9.17) is 21.1 Å². The molecule has 1 aromatic heterocycles. The number of hydrogen-bond donors (Lipinski definition) is 0. The summed E-state index contributed by atoms with van der Waals surface area (Å²) in [7, 11) is 3.21. The molecule has 0 aliphatic carbocycles. The fourth-order valence-corrected chi connectivity index (χ4v) is 2.56. The van der Waals surface area contributed by atoms with Gasteiger partial charge in [-0.1, -0.05) is 11.6 Å². The number of nitrogens with zero attached hydrogens (tertiary/aromatic N) is 3. The maximum atomic E-state index is 9.23. The molecule has 0 bridgehead atoms. The van der Waals surface area contributed by atoms with Crippen molar-refractivity contribution in [2.75, 3.05) is 14.2 Å². The zero-order valence-electron chi connectivity index (χ0n) is 13.7. The number of halogens is 1. The van der Waals surface area contributed by atoms with E-state index in [0.29, 0.717) is 11.4 Å². The van der Waals surface area contributed by atoms with Gasteiger partial charge in [0.2, 0.25) is 0 Å². The molecular weight excluding hydrogens is 338 g/mol. The number of methoxy groups -OCH3 is 2. The number of rotatable bonds is 4. The molecule has 0 spiro atoms. The third-order valence-corrected chi connectivity index (χ3v) is 3.95. The van der Waals surface area contributed by atoms with E-state index < -0.39 is 0 Å². The maximum absolute atomic E-state index is 9.23. The molecule has 0 fully saturated rings. The molecule has 5 nitrogen and oxygen atoms in total. The van der Waals surface area contributed by atoms with Gasteiger partial charge in [0, 0.05) is 11.1 Å². The van der Waals surface area contributed by atoms with E-state index in [9.17, 15) is 5.26 Å². The van der Waals surface area contributed by atoms with Gasteiger partial charge in [0.05, 0.1) is 25.6 Å². The van der Waals surface area contributed by atoms with Gasteiger partial charge in [0.15, 0.2) is 10.8 Å². The zero-order valence-corrected chi connectivity index (χ0v) is 14.4. The molecule has 0 N–H and O–H groups in total. The van der Waals surface area contributed by atoms with Gasteiger partial charge in [0.1, 0.15) is 17.6 Å². The molecule has 1 heterocycles. The minimum absolute atomic E-state index is 0.0746. The van der Waals surface area contributed by atoms with Crippen LogP contribution in [0.25, 0.3) is 22.5 Å². The lowest BCUT2D eigenvalue weighted by Gasteiger charge is -2.11. The third kappa shape index (κ3) is 3.39. The van der Waals surface area contributed by atoms with Crippen LogP contribution in [0.1, 0.15) is 5.69 Å². The lowest BCUT2D eigenvalue weighted by atomic mass is 10.0. The summed E-state index contributed by atoms with van der Waals surface area (Å²) >= 11 is 6.10. The second kappa shape index (κ2) is 7.20. The van der Waals surface area contributed by atoms with Crippen LogP contribution in [0.2, 0.25) is 5.15 Å². The van der Waals surface area contributed by atoms with Gasteiger partial charge in [-0.3, -0.25) is 0 Å². The van der Waals surface area contributed by atoms with Crippen molar-refractivity contribution in [3.05, 3.63) is 59.4 Å². The highest BCUT2D eigenvalue weighted by atomic mass is 35.5. The Bertz CT molecular complexity index is 933. The highest BCUT2D eigenvalue weighted by molar-refractivity contribution is 6.30. The van der Waals surface area contributed by atoms with Crippen LogP contribution in [0.15, 0.2) is 48.5 Å². The van der Waals surface area contributed by atoms with Crippen molar-refractivity contribution in [2.45, 2.75) is 0 Å². The summed E-state index contributed by atoms with van der Waals surface area (Å²) in [6.07, 6.45) is 0. The Morgan fingerprint density at radius 2 is 1.24 bits per heavy atom. The topological polar surface area (TPSA) is 68.0 Å². The highest BCUT2D eigenvalue weighted by Crippen LogP contribution is 2.32. The first kappa shape index (κ1) is 16.7. The van der Waals surface area contributed by atoms with Gasteiger partial charge in [-0.05, 0) is 48.5 Å². The smallest absolute Gasteiger partial charge is 0.178 e. The van der Waals surface area contributed by atoms with Crippen molar-refractivity contribution >= 4 is 11.6 Å². The summed E-state index contributed by atoms with van der Waals surface area (Å²) in [5, 5.41) is 9.30. The van der Waals surface area contributed by atoms with Gasteiger partial charge in [-0.2, -0.15) is 5.26 Å².